The molecule has 2 amide bonds. The number of para-hydroxylation sites is 1. The van der Waals surface area contributed by atoms with Gasteiger partial charge in [0.1, 0.15) is 18.4 Å². The molecule has 180 valence electrons. The van der Waals surface area contributed by atoms with Gasteiger partial charge in [0.25, 0.3) is 5.91 Å². The van der Waals surface area contributed by atoms with Crippen LogP contribution in [0.25, 0.3) is 10.9 Å². The van der Waals surface area contributed by atoms with Crippen molar-refractivity contribution in [1.29, 1.82) is 0 Å². The normalized spacial score (nSPS) is 11.8. The van der Waals surface area contributed by atoms with Gasteiger partial charge >= 0.3 is 0 Å². The number of aromatic amines is 1. The molecule has 0 fully saturated rings. The molecular formula is C26H22ClF2N3O3. The van der Waals surface area contributed by atoms with Crippen LogP contribution in [0.5, 0.6) is 5.75 Å². The van der Waals surface area contributed by atoms with Gasteiger partial charge in [-0.1, -0.05) is 35.9 Å². The van der Waals surface area contributed by atoms with Crippen molar-refractivity contribution in [3.63, 3.8) is 0 Å². The second-order valence-corrected chi connectivity index (χ2v) is 8.29. The van der Waals surface area contributed by atoms with Crippen molar-refractivity contribution in [3.05, 3.63) is 100 Å². The first-order valence-corrected chi connectivity index (χ1v) is 11.2. The highest BCUT2D eigenvalue weighted by atomic mass is 35.5. The second kappa shape index (κ2) is 10.6. The lowest BCUT2D eigenvalue weighted by molar-refractivity contribution is -0.122. The van der Waals surface area contributed by atoms with E-state index in [9.17, 15) is 18.4 Å². The summed E-state index contributed by atoms with van der Waals surface area (Å²) < 4.78 is 32.0. The second-order valence-electron chi connectivity index (χ2n) is 7.89. The third-order valence-corrected chi connectivity index (χ3v) is 5.83. The van der Waals surface area contributed by atoms with E-state index in [0.717, 1.165) is 28.6 Å². The van der Waals surface area contributed by atoms with Crippen molar-refractivity contribution in [1.82, 2.24) is 15.6 Å². The topological polar surface area (TPSA) is 83.2 Å². The van der Waals surface area contributed by atoms with Gasteiger partial charge in [-0.25, -0.2) is 8.78 Å². The zero-order valence-corrected chi connectivity index (χ0v) is 19.5. The molecule has 0 aliphatic heterocycles. The first-order chi connectivity index (χ1) is 16.9. The summed E-state index contributed by atoms with van der Waals surface area (Å²) >= 11 is 6.28. The minimum Gasteiger partial charge on any atom is -0.487 e. The quantitative estimate of drug-likeness (QED) is 0.328. The van der Waals surface area contributed by atoms with Crippen LogP contribution in [-0.2, 0) is 17.8 Å². The molecule has 0 saturated heterocycles. The molecule has 0 unspecified atom stereocenters. The fourth-order valence-corrected chi connectivity index (χ4v) is 3.93. The molecule has 0 aliphatic rings. The van der Waals surface area contributed by atoms with E-state index < -0.39 is 23.6 Å². The Bertz CT molecular complexity index is 1390. The highest BCUT2D eigenvalue weighted by molar-refractivity contribution is 6.32. The van der Waals surface area contributed by atoms with Gasteiger partial charge in [-0.2, -0.15) is 0 Å². The van der Waals surface area contributed by atoms with Crippen LogP contribution in [0.1, 0.15) is 21.5 Å². The van der Waals surface area contributed by atoms with Gasteiger partial charge < -0.3 is 20.4 Å². The Morgan fingerprint density at radius 2 is 1.86 bits per heavy atom. The Balaban J connectivity index is 1.45. The van der Waals surface area contributed by atoms with Crippen molar-refractivity contribution >= 4 is 34.3 Å². The number of halogens is 3. The van der Waals surface area contributed by atoms with Crippen molar-refractivity contribution in [2.24, 2.45) is 0 Å². The van der Waals surface area contributed by atoms with E-state index in [-0.39, 0.29) is 28.8 Å². The number of hydrogen-bond acceptors (Lipinski definition) is 3. The molecule has 4 rings (SSSR count). The largest absolute Gasteiger partial charge is 0.487 e. The summed E-state index contributed by atoms with van der Waals surface area (Å²) in [5.74, 6) is -2.45. The number of carbonyl (C=O) groups is 2. The van der Waals surface area contributed by atoms with E-state index >= 15 is 0 Å². The SMILES string of the molecule is CNC(=O)[C@H](Cc1c[nH]c2ccccc12)NC(=O)c1ccc(OCc2ccc(F)c(F)c2)c(Cl)c1. The third kappa shape index (κ3) is 5.60. The maximum atomic E-state index is 13.4. The molecule has 1 heterocycles. The van der Waals surface area contributed by atoms with E-state index in [0.29, 0.717) is 12.0 Å². The molecular weight excluding hydrogens is 476 g/mol. The molecule has 3 N–H and O–H groups in total. The summed E-state index contributed by atoms with van der Waals surface area (Å²) in [6, 6.07) is 14.8. The number of fused-ring (bicyclic) bond motifs is 1. The van der Waals surface area contributed by atoms with Crippen LogP contribution in [-0.4, -0.2) is 29.9 Å². The highest BCUT2D eigenvalue weighted by Gasteiger charge is 2.23. The molecule has 0 spiro atoms. The molecule has 35 heavy (non-hydrogen) atoms. The van der Waals surface area contributed by atoms with Crippen molar-refractivity contribution in [2.75, 3.05) is 7.05 Å². The number of hydrogen-bond donors (Lipinski definition) is 3. The molecule has 4 aromatic rings. The fourth-order valence-electron chi connectivity index (χ4n) is 3.70. The van der Waals surface area contributed by atoms with Crippen LogP contribution in [0.4, 0.5) is 8.78 Å². The van der Waals surface area contributed by atoms with E-state index in [4.69, 9.17) is 16.3 Å². The highest BCUT2D eigenvalue weighted by Crippen LogP contribution is 2.27. The first kappa shape index (κ1) is 24.2. The molecule has 1 atom stereocenters. The predicted molar refractivity (Wildman–Crippen MR) is 129 cm³/mol. The molecule has 0 aliphatic carbocycles. The average Bonchev–Trinajstić information content (AvgIpc) is 3.27. The minimum absolute atomic E-state index is 0.0359. The summed E-state index contributed by atoms with van der Waals surface area (Å²) in [6.07, 6.45) is 2.11. The molecule has 6 nitrogen and oxygen atoms in total. The minimum atomic E-state index is -0.970. The smallest absolute Gasteiger partial charge is 0.251 e. The Labute approximate surface area is 205 Å². The summed E-state index contributed by atoms with van der Waals surface area (Å²) in [5, 5.41) is 6.48. The van der Waals surface area contributed by atoms with Crippen LogP contribution >= 0.6 is 11.6 Å². The van der Waals surface area contributed by atoms with Crippen LogP contribution < -0.4 is 15.4 Å². The first-order valence-electron chi connectivity index (χ1n) is 10.8. The molecule has 0 saturated carbocycles. The van der Waals surface area contributed by atoms with Crippen molar-refractivity contribution in [2.45, 2.75) is 19.1 Å². The zero-order valence-electron chi connectivity index (χ0n) is 18.7. The summed E-state index contributed by atoms with van der Waals surface area (Å²) in [7, 11) is 1.51. The van der Waals surface area contributed by atoms with Crippen LogP contribution in [0, 0.1) is 11.6 Å². The number of aromatic nitrogens is 1. The molecule has 9 heteroatoms. The van der Waals surface area contributed by atoms with Gasteiger partial charge in [-0.3, -0.25) is 9.59 Å². The van der Waals surface area contributed by atoms with Gasteiger partial charge in [0.05, 0.1) is 5.02 Å². The molecule has 0 bridgehead atoms. The van der Waals surface area contributed by atoms with Crippen molar-refractivity contribution in [3.8, 4) is 5.75 Å². The number of amides is 2. The Morgan fingerprint density at radius 1 is 1.06 bits per heavy atom. The van der Waals surface area contributed by atoms with Gasteiger partial charge in [0.15, 0.2) is 11.6 Å². The predicted octanol–water partition coefficient (Wildman–Crippen LogP) is 4.77. The maximum Gasteiger partial charge on any atom is 0.251 e. The summed E-state index contributed by atoms with van der Waals surface area (Å²) in [4.78, 5) is 28.6. The van der Waals surface area contributed by atoms with Gasteiger partial charge in [-0.15, -0.1) is 0 Å². The number of ether oxygens (including phenoxy) is 1. The average molecular weight is 498 g/mol. The Hall–Kier alpha value is -3.91. The molecule has 3 aromatic carbocycles. The van der Waals surface area contributed by atoms with Gasteiger partial charge in [-0.05, 0) is 47.5 Å². The Morgan fingerprint density at radius 3 is 2.60 bits per heavy atom. The number of benzene rings is 3. The lowest BCUT2D eigenvalue weighted by Gasteiger charge is -2.17. The number of nitrogens with one attached hydrogen (secondary N) is 3. The molecule has 0 radical (unpaired) electrons. The monoisotopic (exact) mass is 497 g/mol. The van der Waals surface area contributed by atoms with Crippen LogP contribution in [0.2, 0.25) is 5.02 Å². The zero-order chi connectivity index (χ0) is 24.9. The van der Waals surface area contributed by atoms with E-state index in [1.807, 2.05) is 30.5 Å². The van der Waals surface area contributed by atoms with E-state index in [2.05, 4.69) is 15.6 Å². The number of H-pyrrole nitrogens is 1. The van der Waals surface area contributed by atoms with E-state index in [1.165, 1.54) is 31.3 Å². The summed E-state index contributed by atoms with van der Waals surface area (Å²) in [6.45, 7) is -0.0359. The number of rotatable bonds is 8. The van der Waals surface area contributed by atoms with Gasteiger partial charge in [0, 0.05) is 36.1 Å². The number of carbonyl (C=O) groups excluding carboxylic acids is 2. The summed E-state index contributed by atoms with van der Waals surface area (Å²) in [5.41, 5.74) is 2.50. The fraction of sp³-hybridized carbons (Fsp3) is 0.154. The maximum absolute atomic E-state index is 13.4. The van der Waals surface area contributed by atoms with Crippen LogP contribution in [0.3, 0.4) is 0 Å². The van der Waals surface area contributed by atoms with E-state index in [1.54, 1.807) is 0 Å². The lowest BCUT2D eigenvalue weighted by atomic mass is 10.0. The van der Waals surface area contributed by atoms with Crippen LogP contribution in [0.15, 0.2) is 66.9 Å². The Kier molecular flexibility index (Phi) is 7.31. The van der Waals surface area contributed by atoms with Crippen molar-refractivity contribution < 1.29 is 23.1 Å². The standard InChI is InChI=1S/C26H22ClF2N3O3/c1-30-26(34)23(12-17-13-31-22-5-3-2-4-18(17)22)32-25(33)16-7-9-24(19(27)11-16)35-14-15-6-8-20(28)21(29)10-15/h2-11,13,23,31H,12,14H2,1H3,(H,30,34)(H,32,33)/t23-/m0/s1. The number of likely N-dealkylation sites (N-methyl/N-ethyl adjacent to an activating group) is 1. The lowest BCUT2D eigenvalue weighted by Crippen LogP contribution is -2.47. The molecule has 1 aromatic heterocycles. The van der Waals surface area contributed by atoms with Gasteiger partial charge in [0.2, 0.25) is 5.91 Å². The third-order valence-electron chi connectivity index (χ3n) is 5.54.